The molecular formula is C30H34N2O4S6. The molecule has 12 heteroatoms. The van der Waals surface area contributed by atoms with Crippen LogP contribution < -0.4 is 10.6 Å². The fourth-order valence-electron chi connectivity index (χ4n) is 3.99. The third-order valence-electron chi connectivity index (χ3n) is 6.21. The van der Waals surface area contributed by atoms with Gasteiger partial charge in [-0.05, 0) is 37.5 Å². The first kappa shape index (κ1) is 33.2. The van der Waals surface area contributed by atoms with Gasteiger partial charge in [-0.1, -0.05) is 108 Å². The van der Waals surface area contributed by atoms with Crippen molar-refractivity contribution in [1.29, 1.82) is 0 Å². The van der Waals surface area contributed by atoms with Crippen LogP contribution >= 0.6 is 70.6 Å². The minimum absolute atomic E-state index is 0.144. The highest BCUT2D eigenvalue weighted by Gasteiger charge is 2.29. The van der Waals surface area contributed by atoms with Crippen molar-refractivity contribution in [2.75, 3.05) is 25.7 Å². The first-order chi connectivity index (χ1) is 20.4. The molecule has 2 N–H and O–H groups in total. The van der Waals surface area contributed by atoms with E-state index in [1.165, 1.54) is 16.9 Å². The molecule has 0 radical (unpaired) electrons. The van der Waals surface area contributed by atoms with Crippen molar-refractivity contribution in [3.05, 3.63) is 98.5 Å². The minimum Gasteiger partial charge on any atom is -0.449 e. The number of rotatable bonds is 12. The Balaban J connectivity index is 1.33. The number of benzene rings is 2. The minimum atomic E-state index is -0.435. The molecule has 42 heavy (non-hydrogen) atoms. The van der Waals surface area contributed by atoms with E-state index >= 15 is 0 Å². The van der Waals surface area contributed by atoms with Crippen LogP contribution in [0.15, 0.2) is 87.4 Å². The normalized spacial score (nSPS) is 16.5. The van der Waals surface area contributed by atoms with Crippen molar-refractivity contribution in [3.63, 3.8) is 0 Å². The van der Waals surface area contributed by atoms with Crippen LogP contribution in [0.5, 0.6) is 0 Å². The molecule has 0 saturated carbocycles. The molecule has 2 aromatic rings. The standard InChI is InChI=1S/C30H34N2O4S6/c1-19(21-11-7-5-8-12-21)31-29(33)35-17-15-23-24(40-27(39-23)28-41-25(37-3)26(38-4)42-28)16-18-36-30(34)32-20(2)22-13-9-6-10-14-22/h5-14,19-20H,15-18H2,1-4H3,(H,31,33)(H,32,34)/t19-,20-/m0/s1. The topological polar surface area (TPSA) is 76.7 Å². The number of alkyl carbamates (subject to hydrolysis) is 2. The molecular weight excluding hydrogens is 645 g/mol. The largest absolute Gasteiger partial charge is 0.449 e. The summed E-state index contributed by atoms with van der Waals surface area (Å²) in [7, 11) is 0. The molecule has 0 bridgehead atoms. The second-order valence-corrected chi connectivity index (χ2v) is 16.1. The Morgan fingerprint density at radius 3 is 1.43 bits per heavy atom. The van der Waals surface area contributed by atoms with Gasteiger partial charge in [0.05, 0.1) is 42.2 Å². The lowest BCUT2D eigenvalue weighted by molar-refractivity contribution is 0.142. The van der Waals surface area contributed by atoms with Crippen molar-refractivity contribution in [2.24, 2.45) is 0 Å². The molecule has 2 aromatic carbocycles. The summed E-state index contributed by atoms with van der Waals surface area (Å²) >= 11 is 10.7. The molecule has 4 rings (SSSR count). The van der Waals surface area contributed by atoms with E-state index in [4.69, 9.17) is 9.47 Å². The van der Waals surface area contributed by atoms with Crippen LogP contribution in [-0.4, -0.2) is 37.9 Å². The molecule has 6 nitrogen and oxygen atoms in total. The van der Waals surface area contributed by atoms with Crippen LogP contribution in [0, 0.1) is 0 Å². The highest BCUT2D eigenvalue weighted by atomic mass is 32.3. The highest BCUT2D eigenvalue weighted by Crippen LogP contribution is 2.63. The molecule has 2 aliphatic heterocycles. The summed E-state index contributed by atoms with van der Waals surface area (Å²) in [5.74, 6) is 0. The fraction of sp³-hybridized carbons (Fsp3) is 0.333. The van der Waals surface area contributed by atoms with Crippen molar-refractivity contribution >= 4 is 82.8 Å². The van der Waals surface area contributed by atoms with Crippen LogP contribution in [0.1, 0.15) is 49.9 Å². The van der Waals surface area contributed by atoms with Gasteiger partial charge in [-0.15, -0.1) is 23.5 Å². The van der Waals surface area contributed by atoms with E-state index in [1.807, 2.05) is 98.0 Å². The van der Waals surface area contributed by atoms with Crippen LogP contribution in [0.25, 0.3) is 0 Å². The predicted molar refractivity (Wildman–Crippen MR) is 186 cm³/mol. The van der Waals surface area contributed by atoms with Crippen molar-refractivity contribution < 1.29 is 19.1 Å². The molecule has 0 fully saturated rings. The molecule has 2 amide bonds. The first-order valence-electron chi connectivity index (χ1n) is 13.3. The van der Waals surface area contributed by atoms with Gasteiger partial charge in [0.15, 0.2) is 0 Å². The quantitative estimate of drug-likeness (QED) is 0.227. The Morgan fingerprint density at radius 2 is 1.05 bits per heavy atom. The average Bonchev–Trinajstić information content (AvgIpc) is 3.62. The molecule has 2 aliphatic rings. The molecule has 224 valence electrons. The molecule has 0 spiro atoms. The van der Waals surface area contributed by atoms with Crippen molar-refractivity contribution in [2.45, 2.75) is 38.8 Å². The van der Waals surface area contributed by atoms with Crippen molar-refractivity contribution in [3.8, 4) is 0 Å². The van der Waals surface area contributed by atoms with E-state index in [0.717, 1.165) is 20.9 Å². The zero-order valence-corrected chi connectivity index (χ0v) is 28.7. The number of amides is 2. The van der Waals surface area contributed by atoms with Crippen LogP contribution in [0.3, 0.4) is 0 Å². The number of nitrogens with one attached hydrogen (secondary N) is 2. The highest BCUT2D eigenvalue weighted by molar-refractivity contribution is 8.42. The summed E-state index contributed by atoms with van der Waals surface area (Å²) in [6, 6.07) is 19.3. The van der Waals surface area contributed by atoms with Crippen LogP contribution in [0.2, 0.25) is 0 Å². The van der Waals surface area contributed by atoms with Gasteiger partial charge in [-0.25, -0.2) is 9.59 Å². The summed E-state index contributed by atoms with van der Waals surface area (Å²) in [5, 5.41) is 5.81. The summed E-state index contributed by atoms with van der Waals surface area (Å²) in [4.78, 5) is 27.3. The average molecular weight is 679 g/mol. The zero-order valence-electron chi connectivity index (χ0n) is 23.8. The number of hydrogen-bond donors (Lipinski definition) is 2. The third kappa shape index (κ3) is 9.65. The smallest absolute Gasteiger partial charge is 0.407 e. The molecule has 0 aromatic heterocycles. The number of ether oxygens (including phenoxy) is 2. The van der Waals surface area contributed by atoms with Crippen LogP contribution in [0.4, 0.5) is 9.59 Å². The Hall–Kier alpha value is -1.70. The zero-order chi connectivity index (χ0) is 29.9. The SMILES string of the molecule is CSC1=C(SC)SC(=C2SC(CCOC(=O)N[C@@H](C)c3ccccc3)=C(CCOC(=O)N[C@@H](C)c3ccccc3)S2)S1. The van der Waals surface area contributed by atoms with Gasteiger partial charge in [-0.2, -0.15) is 0 Å². The molecule has 2 atom stereocenters. The van der Waals surface area contributed by atoms with Crippen LogP contribution in [-0.2, 0) is 9.47 Å². The molecule has 0 unspecified atom stereocenters. The number of hydrogen-bond acceptors (Lipinski definition) is 10. The second-order valence-electron chi connectivity index (χ2n) is 9.14. The maximum Gasteiger partial charge on any atom is 0.407 e. The van der Waals surface area contributed by atoms with Gasteiger partial charge >= 0.3 is 12.2 Å². The van der Waals surface area contributed by atoms with E-state index in [-0.39, 0.29) is 25.3 Å². The lowest BCUT2D eigenvalue weighted by atomic mass is 10.1. The molecule has 0 aliphatic carbocycles. The van der Waals surface area contributed by atoms with E-state index in [0.29, 0.717) is 12.8 Å². The summed E-state index contributed by atoms with van der Waals surface area (Å²) in [6.45, 7) is 4.41. The summed E-state index contributed by atoms with van der Waals surface area (Å²) in [6.07, 6.45) is 4.55. The predicted octanol–water partition coefficient (Wildman–Crippen LogP) is 9.89. The van der Waals surface area contributed by atoms with Gasteiger partial charge in [0.2, 0.25) is 0 Å². The number of carbonyl (C=O) groups excluding carboxylic acids is 2. The van der Waals surface area contributed by atoms with Gasteiger partial charge in [0.1, 0.15) is 0 Å². The van der Waals surface area contributed by atoms with Gasteiger partial charge in [0, 0.05) is 22.7 Å². The Kier molecular flexibility index (Phi) is 13.4. The number of thioether (sulfide) groups is 6. The first-order valence-corrected chi connectivity index (χ1v) is 19.1. The fourth-order valence-corrected chi connectivity index (χ4v) is 12.1. The van der Waals surface area contributed by atoms with E-state index in [2.05, 4.69) is 23.1 Å². The Labute approximate surface area is 273 Å². The van der Waals surface area contributed by atoms with Gasteiger partial charge in [0.25, 0.3) is 0 Å². The van der Waals surface area contributed by atoms with E-state index < -0.39 is 12.2 Å². The van der Waals surface area contributed by atoms with Crippen molar-refractivity contribution in [1.82, 2.24) is 10.6 Å². The van der Waals surface area contributed by atoms with Gasteiger partial charge in [-0.3, -0.25) is 0 Å². The lowest BCUT2D eigenvalue weighted by Crippen LogP contribution is -2.27. The monoisotopic (exact) mass is 678 g/mol. The van der Waals surface area contributed by atoms with Gasteiger partial charge < -0.3 is 20.1 Å². The summed E-state index contributed by atoms with van der Waals surface area (Å²) in [5.41, 5.74) is 2.05. The Morgan fingerprint density at radius 1 is 0.667 bits per heavy atom. The maximum atomic E-state index is 12.5. The number of carbonyl (C=O) groups is 2. The Bertz CT molecular complexity index is 1240. The second kappa shape index (κ2) is 17.0. The van der Waals surface area contributed by atoms with E-state index in [9.17, 15) is 9.59 Å². The molecule has 0 saturated heterocycles. The maximum absolute atomic E-state index is 12.5. The molecule has 2 heterocycles. The lowest BCUT2D eigenvalue weighted by Gasteiger charge is -2.15. The van der Waals surface area contributed by atoms with E-state index in [1.54, 1.807) is 47.0 Å². The summed E-state index contributed by atoms with van der Waals surface area (Å²) < 4.78 is 16.3. The third-order valence-corrected chi connectivity index (χ3v) is 14.8.